The lowest BCUT2D eigenvalue weighted by atomic mass is 9.81. The maximum absolute atomic E-state index is 11.6. The van der Waals surface area contributed by atoms with Crippen LogP contribution in [0, 0.1) is 0 Å². The molecule has 0 unspecified atom stereocenters. The van der Waals surface area contributed by atoms with Crippen molar-refractivity contribution in [3.8, 4) is 0 Å². The molecule has 3 heterocycles. The molecule has 1 aromatic rings. The van der Waals surface area contributed by atoms with Gasteiger partial charge in [0, 0.05) is 43.9 Å². The van der Waals surface area contributed by atoms with E-state index < -0.39 is 7.12 Å². The number of amides is 1. The Hall–Kier alpha value is -1.67. The Labute approximate surface area is 149 Å². The monoisotopic (exact) mass is 346 g/mol. The maximum atomic E-state index is 11.6. The molecule has 2 saturated heterocycles. The molecule has 0 saturated carbocycles. The van der Waals surface area contributed by atoms with Crippen molar-refractivity contribution in [3.05, 3.63) is 12.4 Å². The number of aromatic nitrogens is 2. The van der Waals surface area contributed by atoms with Crippen molar-refractivity contribution >= 4 is 24.4 Å². The summed E-state index contributed by atoms with van der Waals surface area (Å²) in [7, 11) is -0.456. The van der Waals surface area contributed by atoms with Gasteiger partial charge < -0.3 is 19.5 Å². The third-order valence-corrected chi connectivity index (χ3v) is 5.47. The van der Waals surface area contributed by atoms with Crippen molar-refractivity contribution < 1.29 is 14.1 Å². The third kappa shape index (κ3) is 3.65. The molecule has 7 nitrogen and oxygen atoms in total. The first kappa shape index (κ1) is 18.1. The molecule has 1 atom stereocenters. The lowest BCUT2D eigenvalue weighted by Crippen LogP contribution is -2.41. The zero-order valence-electron chi connectivity index (χ0n) is 15.7. The van der Waals surface area contributed by atoms with E-state index in [1.54, 1.807) is 19.3 Å². The van der Waals surface area contributed by atoms with Crippen molar-refractivity contribution in [3.63, 3.8) is 0 Å². The van der Waals surface area contributed by atoms with Crippen LogP contribution in [0.2, 0.25) is 0 Å². The van der Waals surface area contributed by atoms with Crippen LogP contribution in [0.15, 0.2) is 12.4 Å². The predicted molar refractivity (Wildman–Crippen MR) is 96.6 cm³/mol. The van der Waals surface area contributed by atoms with Crippen molar-refractivity contribution in [2.45, 2.75) is 64.7 Å². The largest absolute Gasteiger partial charge is 0.498 e. The van der Waals surface area contributed by atoms with Crippen LogP contribution in [0.4, 0.5) is 5.95 Å². The van der Waals surface area contributed by atoms with E-state index >= 15 is 0 Å². The first-order valence-corrected chi connectivity index (χ1v) is 8.88. The van der Waals surface area contributed by atoms with Crippen LogP contribution in [0.5, 0.6) is 0 Å². The normalized spacial score (nSPS) is 24.6. The van der Waals surface area contributed by atoms with E-state index in [1.807, 2.05) is 32.6 Å². The molecule has 0 spiro atoms. The Kier molecular flexibility index (Phi) is 4.77. The van der Waals surface area contributed by atoms with Crippen LogP contribution in [0.25, 0.3) is 0 Å². The number of hydrogen-bond donors (Lipinski definition) is 1. The summed E-state index contributed by atoms with van der Waals surface area (Å²) in [5.41, 5.74) is 0.0379. The maximum Gasteiger partial charge on any atom is 0.498 e. The van der Waals surface area contributed by atoms with E-state index in [-0.39, 0.29) is 23.2 Å². The fourth-order valence-electron chi connectivity index (χ4n) is 3.20. The van der Waals surface area contributed by atoms with Gasteiger partial charge in [0.25, 0.3) is 0 Å². The number of nitrogens with zero attached hydrogens (tertiary/aromatic N) is 3. The Balaban J connectivity index is 1.59. The SMILES string of the molecule is CC(=O)N1CCC[C@H]1CNc1ncc(B2OC(C)(C)C(C)(C)O2)cn1. The van der Waals surface area contributed by atoms with E-state index in [0.29, 0.717) is 12.5 Å². The average Bonchev–Trinajstić information content (AvgIpc) is 3.08. The Morgan fingerprint density at radius 3 is 2.44 bits per heavy atom. The van der Waals surface area contributed by atoms with E-state index in [2.05, 4.69) is 15.3 Å². The summed E-state index contributed by atoms with van der Waals surface area (Å²) in [5.74, 6) is 0.678. The minimum Gasteiger partial charge on any atom is -0.399 e. The summed E-state index contributed by atoms with van der Waals surface area (Å²) in [6.07, 6.45) is 5.52. The topological polar surface area (TPSA) is 76.6 Å². The molecular weight excluding hydrogens is 319 g/mol. The molecule has 0 bridgehead atoms. The smallest absolute Gasteiger partial charge is 0.399 e. The van der Waals surface area contributed by atoms with Crippen LogP contribution in [0.3, 0.4) is 0 Å². The van der Waals surface area contributed by atoms with Gasteiger partial charge in [0.1, 0.15) is 0 Å². The molecule has 2 aliphatic heterocycles. The van der Waals surface area contributed by atoms with E-state index in [0.717, 1.165) is 24.8 Å². The third-order valence-electron chi connectivity index (χ3n) is 5.47. The van der Waals surface area contributed by atoms with Crippen LogP contribution in [0.1, 0.15) is 47.5 Å². The summed E-state index contributed by atoms with van der Waals surface area (Å²) in [6, 6.07) is 0.212. The summed E-state index contributed by atoms with van der Waals surface area (Å²) in [5, 5.41) is 3.22. The molecule has 1 amide bonds. The van der Waals surface area contributed by atoms with Gasteiger partial charge in [-0.3, -0.25) is 4.79 Å². The molecule has 1 N–H and O–H groups in total. The average molecular weight is 346 g/mol. The van der Waals surface area contributed by atoms with Crippen LogP contribution in [-0.4, -0.2) is 58.2 Å². The van der Waals surface area contributed by atoms with Gasteiger partial charge in [-0.2, -0.15) is 0 Å². The van der Waals surface area contributed by atoms with Gasteiger partial charge in [0.05, 0.1) is 11.2 Å². The van der Waals surface area contributed by atoms with Crippen molar-refractivity contribution in [2.24, 2.45) is 0 Å². The molecule has 0 aliphatic carbocycles. The van der Waals surface area contributed by atoms with E-state index in [9.17, 15) is 4.79 Å². The minimum absolute atomic E-state index is 0.126. The quantitative estimate of drug-likeness (QED) is 0.826. The van der Waals surface area contributed by atoms with E-state index in [4.69, 9.17) is 9.31 Å². The van der Waals surface area contributed by atoms with Gasteiger partial charge in [0.15, 0.2) is 0 Å². The van der Waals surface area contributed by atoms with Gasteiger partial charge >= 0.3 is 7.12 Å². The molecule has 2 fully saturated rings. The Morgan fingerprint density at radius 2 is 1.88 bits per heavy atom. The fraction of sp³-hybridized carbons (Fsp3) is 0.706. The Morgan fingerprint density at radius 1 is 1.28 bits per heavy atom. The number of nitrogens with one attached hydrogen (secondary N) is 1. The standard InChI is InChI=1S/C17H27BN4O3/c1-12(23)22-8-6-7-14(22)11-21-15-19-9-13(10-20-15)18-24-16(2,3)17(4,5)25-18/h9-10,14H,6-8,11H2,1-5H3,(H,19,20,21)/t14-/m0/s1. The highest BCUT2D eigenvalue weighted by Crippen LogP contribution is 2.36. The molecule has 0 radical (unpaired) electrons. The molecule has 25 heavy (non-hydrogen) atoms. The number of rotatable bonds is 4. The highest BCUT2D eigenvalue weighted by atomic mass is 16.7. The second-order valence-electron chi connectivity index (χ2n) is 7.82. The molecule has 8 heteroatoms. The molecular formula is C17H27BN4O3. The van der Waals surface area contributed by atoms with Gasteiger partial charge in [-0.1, -0.05) is 0 Å². The lowest BCUT2D eigenvalue weighted by molar-refractivity contribution is -0.129. The van der Waals surface area contributed by atoms with Gasteiger partial charge in [-0.05, 0) is 40.5 Å². The van der Waals surface area contributed by atoms with Crippen LogP contribution < -0.4 is 10.8 Å². The number of anilines is 1. The van der Waals surface area contributed by atoms with Gasteiger partial charge in [0.2, 0.25) is 11.9 Å². The predicted octanol–water partition coefficient (Wildman–Crippen LogP) is 1.20. The summed E-state index contributed by atoms with van der Waals surface area (Å²) in [6.45, 7) is 11.2. The Bertz CT molecular complexity index is 619. The van der Waals surface area contributed by atoms with Crippen molar-refractivity contribution in [2.75, 3.05) is 18.4 Å². The second kappa shape index (κ2) is 6.57. The lowest BCUT2D eigenvalue weighted by Gasteiger charge is -2.32. The summed E-state index contributed by atoms with van der Waals surface area (Å²) in [4.78, 5) is 22.2. The number of carbonyl (C=O) groups is 1. The summed E-state index contributed by atoms with van der Waals surface area (Å²) < 4.78 is 12.0. The van der Waals surface area contributed by atoms with Crippen LogP contribution >= 0.6 is 0 Å². The van der Waals surface area contributed by atoms with Crippen molar-refractivity contribution in [1.82, 2.24) is 14.9 Å². The minimum atomic E-state index is -0.456. The first-order chi connectivity index (χ1) is 11.7. The number of hydrogen-bond acceptors (Lipinski definition) is 6. The first-order valence-electron chi connectivity index (χ1n) is 8.88. The number of likely N-dealkylation sites (tertiary alicyclic amines) is 1. The zero-order valence-corrected chi connectivity index (χ0v) is 15.7. The zero-order chi connectivity index (χ0) is 18.2. The molecule has 2 aliphatic rings. The van der Waals surface area contributed by atoms with Crippen LogP contribution in [-0.2, 0) is 14.1 Å². The molecule has 1 aromatic heterocycles. The molecule has 136 valence electrons. The van der Waals surface area contributed by atoms with Gasteiger partial charge in [-0.25, -0.2) is 9.97 Å². The molecule has 0 aromatic carbocycles. The highest BCUT2D eigenvalue weighted by molar-refractivity contribution is 6.61. The van der Waals surface area contributed by atoms with E-state index in [1.165, 1.54) is 0 Å². The summed E-state index contributed by atoms with van der Waals surface area (Å²) >= 11 is 0. The van der Waals surface area contributed by atoms with Gasteiger partial charge in [-0.15, -0.1) is 0 Å². The fourth-order valence-corrected chi connectivity index (χ4v) is 3.20. The number of carbonyl (C=O) groups excluding carboxylic acids is 1. The highest BCUT2D eigenvalue weighted by Gasteiger charge is 2.51. The molecule has 3 rings (SSSR count). The van der Waals surface area contributed by atoms with Crippen molar-refractivity contribution in [1.29, 1.82) is 0 Å². The second-order valence-corrected chi connectivity index (χ2v) is 7.82.